The first kappa shape index (κ1) is 15.0. The van der Waals surface area contributed by atoms with E-state index in [4.69, 9.17) is 4.74 Å². The van der Waals surface area contributed by atoms with E-state index in [0.717, 1.165) is 37.1 Å². The number of ether oxygens (including phenoxy) is 1. The van der Waals surface area contributed by atoms with Crippen molar-refractivity contribution >= 4 is 15.9 Å². The lowest BCUT2D eigenvalue weighted by molar-refractivity contribution is 0.0116. The van der Waals surface area contributed by atoms with E-state index in [1.54, 1.807) is 0 Å². The molecule has 0 saturated carbocycles. The minimum atomic E-state index is -0.154. The summed E-state index contributed by atoms with van der Waals surface area (Å²) in [4.78, 5) is 0. The molecule has 1 aromatic carbocycles. The van der Waals surface area contributed by atoms with Gasteiger partial charge in [0.1, 0.15) is 0 Å². The SMILES string of the molecule is C[C@@H](CNC1(CO)CCOCC1)c1cccc(Br)c1. The average molecular weight is 328 g/mol. The Morgan fingerprint density at radius 1 is 1.42 bits per heavy atom. The van der Waals surface area contributed by atoms with Crippen LogP contribution in [-0.2, 0) is 4.74 Å². The molecular formula is C15H22BrNO2. The first-order chi connectivity index (χ1) is 9.15. The standard InChI is InChI=1S/C15H22BrNO2/c1-12(13-3-2-4-14(16)9-13)10-17-15(11-18)5-7-19-8-6-15/h2-4,9,12,17-18H,5-8,10-11H2,1H3/t12-/m0/s1. The van der Waals surface area contributed by atoms with Gasteiger partial charge in [-0.25, -0.2) is 0 Å². The predicted molar refractivity (Wildman–Crippen MR) is 80.4 cm³/mol. The molecule has 4 heteroatoms. The van der Waals surface area contributed by atoms with Crippen LogP contribution >= 0.6 is 15.9 Å². The van der Waals surface area contributed by atoms with Crippen molar-refractivity contribution < 1.29 is 9.84 Å². The fourth-order valence-electron chi connectivity index (χ4n) is 2.45. The molecule has 1 aliphatic rings. The molecular weight excluding hydrogens is 306 g/mol. The van der Waals surface area contributed by atoms with Crippen molar-refractivity contribution in [2.75, 3.05) is 26.4 Å². The van der Waals surface area contributed by atoms with Gasteiger partial charge in [0.25, 0.3) is 0 Å². The smallest absolute Gasteiger partial charge is 0.0615 e. The summed E-state index contributed by atoms with van der Waals surface area (Å²) in [5.74, 6) is 0.420. The van der Waals surface area contributed by atoms with Crippen LogP contribution in [0.1, 0.15) is 31.2 Å². The molecule has 3 nitrogen and oxygen atoms in total. The molecule has 0 unspecified atom stereocenters. The van der Waals surface area contributed by atoms with Gasteiger partial charge in [0.15, 0.2) is 0 Å². The Bertz CT molecular complexity index is 405. The number of rotatable bonds is 5. The van der Waals surface area contributed by atoms with E-state index in [1.807, 2.05) is 6.07 Å². The minimum Gasteiger partial charge on any atom is -0.394 e. The monoisotopic (exact) mass is 327 g/mol. The highest BCUT2D eigenvalue weighted by molar-refractivity contribution is 9.10. The number of hydrogen-bond acceptors (Lipinski definition) is 3. The second-order valence-corrected chi connectivity index (χ2v) is 6.30. The van der Waals surface area contributed by atoms with Crippen molar-refractivity contribution in [1.82, 2.24) is 5.32 Å². The number of nitrogens with one attached hydrogen (secondary N) is 1. The number of aliphatic hydroxyl groups excluding tert-OH is 1. The first-order valence-electron chi connectivity index (χ1n) is 6.84. The highest BCUT2D eigenvalue weighted by Gasteiger charge is 2.31. The van der Waals surface area contributed by atoms with Crippen molar-refractivity contribution in [3.8, 4) is 0 Å². The molecule has 2 N–H and O–H groups in total. The molecule has 1 fully saturated rings. The molecule has 0 radical (unpaired) electrons. The van der Waals surface area contributed by atoms with Crippen LogP contribution in [0.25, 0.3) is 0 Å². The summed E-state index contributed by atoms with van der Waals surface area (Å²) in [7, 11) is 0. The van der Waals surface area contributed by atoms with Crippen LogP contribution in [-0.4, -0.2) is 37.0 Å². The largest absolute Gasteiger partial charge is 0.394 e. The molecule has 1 aromatic rings. The summed E-state index contributed by atoms with van der Waals surface area (Å²) in [6.45, 7) is 4.73. The molecule has 0 aromatic heterocycles. The summed E-state index contributed by atoms with van der Waals surface area (Å²) in [5.41, 5.74) is 1.15. The molecule has 106 valence electrons. The molecule has 0 spiro atoms. The molecule has 0 aliphatic carbocycles. The van der Waals surface area contributed by atoms with Gasteiger partial charge in [0.05, 0.1) is 6.61 Å². The fraction of sp³-hybridized carbons (Fsp3) is 0.600. The summed E-state index contributed by atoms with van der Waals surface area (Å²) in [6, 6.07) is 8.40. The van der Waals surface area contributed by atoms with Gasteiger partial charge in [-0.3, -0.25) is 0 Å². The van der Waals surface area contributed by atoms with Crippen molar-refractivity contribution in [3.05, 3.63) is 34.3 Å². The van der Waals surface area contributed by atoms with Crippen molar-refractivity contribution in [2.45, 2.75) is 31.2 Å². The Balaban J connectivity index is 1.93. The Kier molecular flexibility index (Phi) is 5.39. The van der Waals surface area contributed by atoms with Crippen molar-refractivity contribution in [2.24, 2.45) is 0 Å². The van der Waals surface area contributed by atoms with Gasteiger partial charge >= 0.3 is 0 Å². The third-order valence-corrected chi connectivity index (χ3v) is 4.45. The third kappa shape index (κ3) is 4.02. The zero-order chi connectivity index (χ0) is 13.7. The topological polar surface area (TPSA) is 41.5 Å². The Morgan fingerprint density at radius 3 is 2.79 bits per heavy atom. The van der Waals surface area contributed by atoms with E-state index in [9.17, 15) is 5.11 Å². The first-order valence-corrected chi connectivity index (χ1v) is 7.64. The lowest BCUT2D eigenvalue weighted by Crippen LogP contribution is -2.53. The molecule has 2 rings (SSSR count). The lowest BCUT2D eigenvalue weighted by Gasteiger charge is -2.37. The number of benzene rings is 1. The number of halogens is 1. The maximum Gasteiger partial charge on any atom is 0.0615 e. The van der Waals surface area contributed by atoms with Crippen molar-refractivity contribution in [3.63, 3.8) is 0 Å². The van der Waals surface area contributed by atoms with Gasteiger partial charge in [-0.1, -0.05) is 35.0 Å². The number of hydrogen-bond donors (Lipinski definition) is 2. The second kappa shape index (κ2) is 6.84. The molecule has 1 heterocycles. The lowest BCUT2D eigenvalue weighted by atomic mass is 9.89. The van der Waals surface area contributed by atoms with Crippen LogP contribution in [0.3, 0.4) is 0 Å². The second-order valence-electron chi connectivity index (χ2n) is 5.39. The summed E-state index contributed by atoms with van der Waals surface area (Å²) >= 11 is 3.51. The predicted octanol–water partition coefficient (Wildman–Crippen LogP) is 2.68. The molecule has 1 saturated heterocycles. The molecule has 1 aliphatic heterocycles. The number of aliphatic hydroxyl groups is 1. The Labute approximate surface area is 123 Å². The molecule has 1 atom stereocenters. The van der Waals surface area contributed by atoms with Gasteiger partial charge in [-0.15, -0.1) is 0 Å². The Morgan fingerprint density at radius 2 is 2.16 bits per heavy atom. The van der Waals surface area contributed by atoms with Crippen LogP contribution in [0.5, 0.6) is 0 Å². The van der Waals surface area contributed by atoms with Crippen molar-refractivity contribution in [1.29, 1.82) is 0 Å². The van der Waals surface area contributed by atoms with E-state index in [-0.39, 0.29) is 12.1 Å². The van der Waals surface area contributed by atoms with E-state index < -0.39 is 0 Å². The van der Waals surface area contributed by atoms with Gasteiger partial charge in [-0.2, -0.15) is 0 Å². The van der Waals surface area contributed by atoms with Gasteiger partial charge < -0.3 is 15.2 Å². The zero-order valence-electron chi connectivity index (χ0n) is 11.4. The summed E-state index contributed by atoms with van der Waals surface area (Å²) < 4.78 is 6.49. The quantitative estimate of drug-likeness (QED) is 0.873. The molecule has 19 heavy (non-hydrogen) atoms. The summed E-state index contributed by atoms with van der Waals surface area (Å²) in [5, 5.41) is 13.2. The van der Waals surface area contributed by atoms with E-state index >= 15 is 0 Å². The highest BCUT2D eigenvalue weighted by atomic mass is 79.9. The average Bonchev–Trinajstić information content (AvgIpc) is 2.46. The van der Waals surface area contributed by atoms with Crippen LogP contribution in [0.15, 0.2) is 28.7 Å². The molecule has 0 amide bonds. The van der Waals surface area contributed by atoms with Crippen LogP contribution < -0.4 is 5.32 Å². The third-order valence-electron chi connectivity index (χ3n) is 3.95. The fourth-order valence-corrected chi connectivity index (χ4v) is 2.87. The van der Waals surface area contributed by atoms with Crippen LogP contribution in [0.4, 0.5) is 0 Å². The van der Waals surface area contributed by atoms with Gasteiger partial charge in [-0.05, 0) is 36.5 Å². The van der Waals surface area contributed by atoms with Gasteiger partial charge in [0.2, 0.25) is 0 Å². The molecule has 0 bridgehead atoms. The highest BCUT2D eigenvalue weighted by Crippen LogP contribution is 2.23. The van der Waals surface area contributed by atoms with E-state index in [0.29, 0.717) is 5.92 Å². The Hall–Kier alpha value is -0.420. The normalized spacial score (nSPS) is 20.2. The van der Waals surface area contributed by atoms with Crippen LogP contribution in [0.2, 0.25) is 0 Å². The van der Waals surface area contributed by atoms with E-state index in [1.165, 1.54) is 5.56 Å². The van der Waals surface area contributed by atoms with Gasteiger partial charge in [0, 0.05) is 29.8 Å². The zero-order valence-corrected chi connectivity index (χ0v) is 12.9. The summed E-state index contributed by atoms with van der Waals surface area (Å²) in [6.07, 6.45) is 1.77. The maximum absolute atomic E-state index is 9.64. The minimum absolute atomic E-state index is 0.154. The van der Waals surface area contributed by atoms with E-state index in [2.05, 4.69) is 46.4 Å². The van der Waals surface area contributed by atoms with Crippen LogP contribution in [0, 0.1) is 0 Å². The maximum atomic E-state index is 9.64.